The van der Waals surface area contributed by atoms with Crippen molar-refractivity contribution in [1.82, 2.24) is 19.5 Å². The molecular formula is C27H23N7O5S. The number of pyridine rings is 2. The Labute approximate surface area is 228 Å². The molecule has 5 aromatic rings. The van der Waals surface area contributed by atoms with Gasteiger partial charge in [0.2, 0.25) is 5.95 Å². The summed E-state index contributed by atoms with van der Waals surface area (Å²) in [4.78, 5) is 36.5. The zero-order chi connectivity index (χ0) is 28.6. The number of aryl methyl sites for hydroxylation is 2. The highest BCUT2D eigenvalue weighted by atomic mass is 32.2. The predicted octanol–water partition coefficient (Wildman–Crippen LogP) is 4.46. The summed E-state index contributed by atoms with van der Waals surface area (Å²) in [5, 5.41) is 14.9. The lowest BCUT2D eigenvalue weighted by atomic mass is 10.0. The van der Waals surface area contributed by atoms with E-state index >= 15 is 0 Å². The Morgan fingerprint density at radius 3 is 2.42 bits per heavy atom. The van der Waals surface area contributed by atoms with Crippen molar-refractivity contribution >= 4 is 43.9 Å². The number of benzene rings is 2. The van der Waals surface area contributed by atoms with Gasteiger partial charge >= 0.3 is 0 Å². The first-order valence-electron chi connectivity index (χ1n) is 12.0. The van der Waals surface area contributed by atoms with E-state index in [0.717, 1.165) is 17.3 Å². The Bertz CT molecular complexity index is 1960. The van der Waals surface area contributed by atoms with Crippen LogP contribution in [0.4, 0.5) is 23.0 Å². The third-order valence-corrected chi connectivity index (χ3v) is 7.69. The molecule has 0 aliphatic heterocycles. The Morgan fingerprint density at radius 2 is 1.70 bits per heavy atom. The minimum absolute atomic E-state index is 0.175. The van der Waals surface area contributed by atoms with Crippen molar-refractivity contribution in [2.45, 2.75) is 18.7 Å². The molecule has 0 radical (unpaired) electrons. The summed E-state index contributed by atoms with van der Waals surface area (Å²) >= 11 is 0. The Balaban J connectivity index is 1.52. The molecule has 2 aromatic carbocycles. The average molecular weight is 558 g/mol. The largest absolute Gasteiger partial charge is 0.323 e. The summed E-state index contributed by atoms with van der Waals surface area (Å²) in [7, 11) is -2.68. The van der Waals surface area contributed by atoms with E-state index in [4.69, 9.17) is 0 Å². The van der Waals surface area contributed by atoms with E-state index in [1.165, 1.54) is 29.0 Å². The van der Waals surface area contributed by atoms with Crippen LogP contribution in [0.5, 0.6) is 0 Å². The summed E-state index contributed by atoms with van der Waals surface area (Å²) in [5.74, 6) is 0.241. The van der Waals surface area contributed by atoms with Crippen LogP contribution in [0.1, 0.15) is 11.3 Å². The van der Waals surface area contributed by atoms with Crippen molar-refractivity contribution in [3.8, 4) is 11.3 Å². The molecule has 5 rings (SSSR count). The maximum absolute atomic E-state index is 13.3. The van der Waals surface area contributed by atoms with Gasteiger partial charge in [-0.15, -0.1) is 0 Å². The molecule has 12 nitrogen and oxygen atoms in total. The number of nitrogens with one attached hydrogen (secondary N) is 2. The van der Waals surface area contributed by atoms with E-state index in [2.05, 4.69) is 25.0 Å². The Hall–Kier alpha value is -5.17. The highest BCUT2D eigenvalue weighted by molar-refractivity contribution is 7.92. The molecule has 0 amide bonds. The lowest BCUT2D eigenvalue weighted by molar-refractivity contribution is -0.387. The zero-order valence-corrected chi connectivity index (χ0v) is 22.4. The summed E-state index contributed by atoms with van der Waals surface area (Å²) in [6.07, 6.45) is 3.18. The SMILES string of the molecule is Cc1ccc(Nc2ncc3cc(-c4cc(NS(=O)(=O)c5ccccc5[N+](=O)[O-])ccc4C)n(C)c(=O)c3n2)cn1. The number of hydrogen-bond donors (Lipinski definition) is 2. The van der Waals surface area contributed by atoms with Crippen molar-refractivity contribution in [2.75, 3.05) is 10.0 Å². The molecule has 202 valence electrons. The van der Waals surface area contributed by atoms with Crippen LogP contribution in [0.25, 0.3) is 22.2 Å². The first-order valence-corrected chi connectivity index (χ1v) is 13.5. The number of nitrogens with zero attached hydrogens (tertiary/aromatic N) is 5. The number of para-hydroxylation sites is 1. The van der Waals surface area contributed by atoms with Crippen molar-refractivity contribution < 1.29 is 13.3 Å². The molecule has 0 atom stereocenters. The second-order valence-electron chi connectivity index (χ2n) is 9.06. The van der Waals surface area contributed by atoms with Crippen LogP contribution in [0, 0.1) is 24.0 Å². The molecule has 0 unspecified atom stereocenters. The molecule has 0 spiro atoms. The summed E-state index contributed by atoms with van der Waals surface area (Å²) in [5.41, 5.74) is 2.87. The number of hydrogen-bond acceptors (Lipinski definition) is 9. The quantitative estimate of drug-likeness (QED) is 0.217. The van der Waals surface area contributed by atoms with Gasteiger partial charge in [-0.2, -0.15) is 0 Å². The second kappa shape index (κ2) is 10.2. The minimum atomic E-state index is -4.28. The van der Waals surface area contributed by atoms with Crippen LogP contribution >= 0.6 is 0 Å². The fourth-order valence-electron chi connectivity index (χ4n) is 4.18. The van der Waals surface area contributed by atoms with Crippen molar-refractivity contribution in [1.29, 1.82) is 0 Å². The van der Waals surface area contributed by atoms with Crippen LogP contribution in [0.15, 0.2) is 82.7 Å². The molecule has 3 heterocycles. The van der Waals surface area contributed by atoms with Crippen LogP contribution in [-0.4, -0.2) is 32.9 Å². The number of rotatable bonds is 7. The monoisotopic (exact) mass is 557 g/mol. The third-order valence-electron chi connectivity index (χ3n) is 6.26. The maximum atomic E-state index is 13.3. The van der Waals surface area contributed by atoms with Gasteiger partial charge in [0, 0.05) is 41.6 Å². The standard InChI is InChI=1S/C27H23N7O5S/c1-16-8-10-19(32-40(38,39)24-7-5-4-6-22(24)34(36)37)13-21(16)23-12-18-14-29-27(31-25(18)26(35)33(23)3)30-20-11-9-17(2)28-15-20/h4-15,32H,1-3H3,(H,29,30,31). The first kappa shape index (κ1) is 26.4. The molecule has 3 aromatic heterocycles. The van der Waals surface area contributed by atoms with Crippen LogP contribution in [0.3, 0.4) is 0 Å². The van der Waals surface area contributed by atoms with Crippen molar-refractivity contribution in [3.63, 3.8) is 0 Å². The molecule has 0 aliphatic rings. The van der Waals surface area contributed by atoms with Crippen LogP contribution < -0.4 is 15.6 Å². The van der Waals surface area contributed by atoms with Crippen LogP contribution in [0.2, 0.25) is 0 Å². The van der Waals surface area contributed by atoms with E-state index in [0.29, 0.717) is 22.3 Å². The molecule has 0 saturated heterocycles. The molecular weight excluding hydrogens is 534 g/mol. The minimum Gasteiger partial charge on any atom is -0.323 e. The van der Waals surface area contributed by atoms with Gasteiger partial charge in [0.05, 0.1) is 22.5 Å². The molecule has 0 fully saturated rings. The van der Waals surface area contributed by atoms with E-state index in [-0.39, 0.29) is 22.7 Å². The van der Waals surface area contributed by atoms with Gasteiger partial charge in [-0.3, -0.25) is 24.6 Å². The van der Waals surface area contributed by atoms with Gasteiger partial charge in [-0.25, -0.2) is 18.4 Å². The predicted molar refractivity (Wildman–Crippen MR) is 151 cm³/mol. The molecule has 0 saturated carbocycles. The summed E-state index contributed by atoms with van der Waals surface area (Å²) in [6, 6.07) is 15.3. The molecule has 13 heteroatoms. The van der Waals surface area contributed by atoms with Gasteiger partial charge in [-0.05, 0) is 55.8 Å². The third kappa shape index (κ3) is 5.09. The fourth-order valence-corrected chi connectivity index (χ4v) is 5.40. The Morgan fingerprint density at radius 1 is 0.950 bits per heavy atom. The second-order valence-corrected chi connectivity index (χ2v) is 10.7. The number of fused-ring (bicyclic) bond motifs is 1. The molecule has 0 aliphatic carbocycles. The van der Waals surface area contributed by atoms with E-state index in [9.17, 15) is 23.3 Å². The van der Waals surface area contributed by atoms with Crippen molar-refractivity contribution in [3.05, 3.63) is 105 Å². The molecule has 0 bridgehead atoms. The van der Waals surface area contributed by atoms with Gasteiger partial charge in [0.25, 0.3) is 21.3 Å². The topological polar surface area (TPSA) is 162 Å². The molecule has 2 N–H and O–H groups in total. The van der Waals surface area contributed by atoms with Crippen LogP contribution in [-0.2, 0) is 17.1 Å². The number of nitro groups is 1. The lowest BCUT2D eigenvalue weighted by Crippen LogP contribution is -2.20. The van der Waals surface area contributed by atoms with E-state index in [1.54, 1.807) is 37.5 Å². The zero-order valence-electron chi connectivity index (χ0n) is 21.6. The van der Waals surface area contributed by atoms with Gasteiger partial charge in [0.15, 0.2) is 4.90 Å². The van der Waals surface area contributed by atoms with Gasteiger partial charge in [0.1, 0.15) is 5.52 Å². The first-order chi connectivity index (χ1) is 19.0. The summed E-state index contributed by atoms with van der Waals surface area (Å²) < 4.78 is 29.9. The average Bonchev–Trinajstić information content (AvgIpc) is 2.93. The molecule has 40 heavy (non-hydrogen) atoms. The number of nitro benzene ring substituents is 1. The normalized spacial score (nSPS) is 11.4. The smallest absolute Gasteiger partial charge is 0.289 e. The summed E-state index contributed by atoms with van der Waals surface area (Å²) in [6.45, 7) is 3.70. The van der Waals surface area contributed by atoms with Gasteiger partial charge in [-0.1, -0.05) is 18.2 Å². The fraction of sp³-hybridized carbons (Fsp3) is 0.111. The Kier molecular flexibility index (Phi) is 6.73. The lowest BCUT2D eigenvalue weighted by Gasteiger charge is -2.15. The van der Waals surface area contributed by atoms with Gasteiger partial charge < -0.3 is 9.88 Å². The number of anilines is 3. The van der Waals surface area contributed by atoms with E-state index in [1.807, 2.05) is 26.0 Å². The maximum Gasteiger partial charge on any atom is 0.289 e. The van der Waals surface area contributed by atoms with E-state index < -0.39 is 25.5 Å². The number of sulfonamides is 1. The number of aromatic nitrogens is 4. The highest BCUT2D eigenvalue weighted by Crippen LogP contribution is 2.30. The highest BCUT2D eigenvalue weighted by Gasteiger charge is 2.25. The van der Waals surface area contributed by atoms with Crippen molar-refractivity contribution in [2.24, 2.45) is 7.05 Å².